The van der Waals surface area contributed by atoms with Crippen LogP contribution in [0.25, 0.3) is 11.1 Å². The Balaban J connectivity index is 1.66. The standard InChI is InChI=1S/C28H30FNO3S/c1-19-4-10-23(11-5-19)34-24-12-13-25(26(29)16-24)22-8-6-21(7-9-22)14-15-28(3,17-27(30)32)18-33-20(2)31/h4-13,16H,14-15,17-18H2,1-3H3,(H2,30,32). The molecule has 3 aromatic rings. The van der Waals surface area contributed by atoms with Crippen LogP contribution in [0.4, 0.5) is 4.39 Å². The summed E-state index contributed by atoms with van der Waals surface area (Å²) in [5, 5.41) is 0. The van der Waals surface area contributed by atoms with Gasteiger partial charge in [-0.25, -0.2) is 4.39 Å². The lowest BCUT2D eigenvalue weighted by Gasteiger charge is -2.27. The third-order valence-electron chi connectivity index (χ3n) is 5.70. The number of amides is 1. The fourth-order valence-electron chi connectivity index (χ4n) is 3.74. The molecule has 0 saturated heterocycles. The number of esters is 1. The Kier molecular flexibility index (Phi) is 8.51. The summed E-state index contributed by atoms with van der Waals surface area (Å²) in [5.41, 5.74) is 8.45. The van der Waals surface area contributed by atoms with Crippen molar-refractivity contribution >= 4 is 23.6 Å². The highest BCUT2D eigenvalue weighted by atomic mass is 32.2. The lowest BCUT2D eigenvalue weighted by Crippen LogP contribution is -2.31. The maximum atomic E-state index is 14.9. The molecule has 3 rings (SSSR count). The van der Waals surface area contributed by atoms with Gasteiger partial charge in [0.25, 0.3) is 0 Å². The zero-order valence-corrected chi connectivity index (χ0v) is 20.6. The first-order valence-corrected chi connectivity index (χ1v) is 12.0. The molecular formula is C28H30FNO3S. The van der Waals surface area contributed by atoms with Crippen molar-refractivity contribution in [3.05, 3.63) is 83.7 Å². The van der Waals surface area contributed by atoms with E-state index in [2.05, 4.69) is 0 Å². The zero-order chi connectivity index (χ0) is 24.7. The summed E-state index contributed by atoms with van der Waals surface area (Å²) in [4.78, 5) is 24.6. The monoisotopic (exact) mass is 479 g/mol. The summed E-state index contributed by atoms with van der Waals surface area (Å²) in [6, 6.07) is 21.2. The van der Waals surface area contributed by atoms with E-state index in [4.69, 9.17) is 10.5 Å². The molecule has 0 aliphatic carbocycles. The van der Waals surface area contributed by atoms with Crippen molar-refractivity contribution in [3.8, 4) is 11.1 Å². The first-order chi connectivity index (χ1) is 16.1. The minimum atomic E-state index is -0.534. The van der Waals surface area contributed by atoms with Crippen molar-refractivity contribution in [1.29, 1.82) is 0 Å². The smallest absolute Gasteiger partial charge is 0.302 e. The molecular weight excluding hydrogens is 449 g/mol. The van der Waals surface area contributed by atoms with Crippen molar-refractivity contribution in [3.63, 3.8) is 0 Å². The molecule has 0 aromatic heterocycles. The van der Waals surface area contributed by atoms with E-state index < -0.39 is 11.3 Å². The van der Waals surface area contributed by atoms with Crippen LogP contribution in [0.3, 0.4) is 0 Å². The fraction of sp³-hybridized carbons (Fsp3) is 0.286. The van der Waals surface area contributed by atoms with Crippen LogP contribution in [0.2, 0.25) is 0 Å². The number of benzene rings is 3. The van der Waals surface area contributed by atoms with E-state index in [0.717, 1.165) is 20.9 Å². The van der Waals surface area contributed by atoms with Gasteiger partial charge in [-0.2, -0.15) is 0 Å². The van der Waals surface area contributed by atoms with Crippen LogP contribution >= 0.6 is 11.8 Å². The van der Waals surface area contributed by atoms with Gasteiger partial charge in [-0.15, -0.1) is 0 Å². The molecule has 178 valence electrons. The number of aryl methyl sites for hydroxylation is 2. The lowest BCUT2D eigenvalue weighted by molar-refractivity contribution is -0.145. The molecule has 6 heteroatoms. The molecule has 0 fully saturated rings. The van der Waals surface area contributed by atoms with Gasteiger partial charge in [0, 0.05) is 34.1 Å². The predicted octanol–water partition coefficient (Wildman–Crippen LogP) is 6.33. The Hall–Kier alpha value is -3.12. The van der Waals surface area contributed by atoms with Gasteiger partial charge in [-0.3, -0.25) is 9.59 Å². The second-order valence-electron chi connectivity index (χ2n) is 8.99. The molecule has 1 atom stereocenters. The third kappa shape index (κ3) is 7.45. The average molecular weight is 480 g/mol. The predicted molar refractivity (Wildman–Crippen MR) is 134 cm³/mol. The van der Waals surface area contributed by atoms with Gasteiger partial charge in [0.15, 0.2) is 0 Å². The maximum absolute atomic E-state index is 14.9. The Bertz CT molecular complexity index is 1150. The van der Waals surface area contributed by atoms with Crippen molar-refractivity contribution < 1.29 is 18.7 Å². The molecule has 1 amide bonds. The molecule has 0 saturated carbocycles. The summed E-state index contributed by atoms with van der Waals surface area (Å²) >= 11 is 1.53. The largest absolute Gasteiger partial charge is 0.465 e. The second kappa shape index (κ2) is 11.3. The molecule has 0 radical (unpaired) electrons. The highest BCUT2D eigenvalue weighted by Gasteiger charge is 2.28. The molecule has 4 nitrogen and oxygen atoms in total. The maximum Gasteiger partial charge on any atom is 0.302 e. The molecule has 2 N–H and O–H groups in total. The van der Waals surface area contributed by atoms with Crippen LogP contribution in [-0.4, -0.2) is 18.5 Å². The number of hydrogen-bond acceptors (Lipinski definition) is 4. The first-order valence-electron chi connectivity index (χ1n) is 11.2. The van der Waals surface area contributed by atoms with Gasteiger partial charge in [0.2, 0.25) is 5.91 Å². The van der Waals surface area contributed by atoms with Crippen molar-refractivity contribution in [2.45, 2.75) is 49.8 Å². The van der Waals surface area contributed by atoms with Gasteiger partial charge in [0.05, 0.1) is 6.61 Å². The SMILES string of the molecule is CC(=O)OCC(C)(CCc1ccc(-c2ccc(Sc3ccc(C)cc3)cc2F)cc1)CC(N)=O. The fourth-order valence-corrected chi connectivity index (χ4v) is 4.58. The molecule has 0 spiro atoms. The second-order valence-corrected chi connectivity index (χ2v) is 10.1. The summed E-state index contributed by atoms with van der Waals surface area (Å²) in [6.07, 6.45) is 1.44. The number of carbonyl (C=O) groups excluding carboxylic acids is 2. The number of rotatable bonds is 10. The molecule has 3 aromatic carbocycles. The van der Waals surface area contributed by atoms with Crippen LogP contribution in [0.5, 0.6) is 0 Å². The lowest BCUT2D eigenvalue weighted by atomic mass is 9.81. The topological polar surface area (TPSA) is 69.4 Å². The number of carbonyl (C=O) groups is 2. The van der Waals surface area contributed by atoms with E-state index in [-0.39, 0.29) is 24.8 Å². The van der Waals surface area contributed by atoms with Gasteiger partial charge in [-0.05, 0) is 55.2 Å². The number of ether oxygens (including phenoxy) is 1. The minimum absolute atomic E-state index is 0.135. The number of nitrogens with two attached hydrogens (primary N) is 1. The molecule has 0 aliphatic heterocycles. The van der Waals surface area contributed by atoms with Gasteiger partial charge >= 0.3 is 5.97 Å². The summed E-state index contributed by atoms with van der Waals surface area (Å²) in [6.45, 7) is 5.41. The first kappa shape index (κ1) is 25.5. The van der Waals surface area contributed by atoms with Crippen molar-refractivity contribution in [2.75, 3.05) is 6.61 Å². The quantitative estimate of drug-likeness (QED) is 0.345. The summed E-state index contributed by atoms with van der Waals surface area (Å²) in [5.74, 6) is -1.07. The molecule has 0 bridgehead atoms. The van der Waals surface area contributed by atoms with E-state index in [0.29, 0.717) is 18.4 Å². The number of halogens is 1. The van der Waals surface area contributed by atoms with E-state index in [1.165, 1.54) is 24.2 Å². The van der Waals surface area contributed by atoms with Crippen LogP contribution < -0.4 is 5.73 Å². The normalized spacial score (nSPS) is 12.7. The van der Waals surface area contributed by atoms with Crippen LogP contribution in [-0.2, 0) is 20.7 Å². The Morgan fingerprint density at radius 3 is 2.24 bits per heavy atom. The van der Waals surface area contributed by atoms with Gasteiger partial charge < -0.3 is 10.5 Å². The summed E-state index contributed by atoms with van der Waals surface area (Å²) < 4.78 is 20.0. The molecule has 34 heavy (non-hydrogen) atoms. The minimum Gasteiger partial charge on any atom is -0.465 e. The molecule has 0 heterocycles. The highest BCUT2D eigenvalue weighted by molar-refractivity contribution is 7.99. The average Bonchev–Trinajstić information content (AvgIpc) is 2.78. The Morgan fingerprint density at radius 2 is 1.65 bits per heavy atom. The van der Waals surface area contributed by atoms with Crippen LogP contribution in [0.15, 0.2) is 76.5 Å². The van der Waals surface area contributed by atoms with Crippen LogP contribution in [0.1, 0.15) is 37.8 Å². The number of primary amides is 1. The highest BCUT2D eigenvalue weighted by Crippen LogP contribution is 2.33. The van der Waals surface area contributed by atoms with Crippen LogP contribution in [0, 0.1) is 18.2 Å². The van der Waals surface area contributed by atoms with Crippen molar-refractivity contribution in [2.24, 2.45) is 11.1 Å². The van der Waals surface area contributed by atoms with E-state index in [1.54, 1.807) is 6.07 Å². The molecule has 0 aliphatic rings. The van der Waals surface area contributed by atoms with Crippen molar-refractivity contribution in [1.82, 2.24) is 0 Å². The summed E-state index contributed by atoms with van der Waals surface area (Å²) in [7, 11) is 0. The third-order valence-corrected chi connectivity index (χ3v) is 6.70. The Labute approximate surface area is 204 Å². The zero-order valence-electron chi connectivity index (χ0n) is 19.8. The van der Waals surface area contributed by atoms with E-state index in [1.807, 2.05) is 74.5 Å². The van der Waals surface area contributed by atoms with E-state index in [9.17, 15) is 14.0 Å². The Morgan fingerprint density at radius 1 is 1.00 bits per heavy atom. The van der Waals surface area contributed by atoms with E-state index >= 15 is 0 Å². The molecule has 1 unspecified atom stereocenters. The van der Waals surface area contributed by atoms with Gasteiger partial charge in [-0.1, -0.05) is 66.7 Å². The number of hydrogen-bond donors (Lipinski definition) is 1. The van der Waals surface area contributed by atoms with Gasteiger partial charge in [0.1, 0.15) is 5.82 Å².